The van der Waals surface area contributed by atoms with Crippen molar-refractivity contribution < 1.29 is 38.7 Å². The fraction of sp³-hybridized carbons (Fsp3) is 0.826. The van der Waals surface area contributed by atoms with Gasteiger partial charge in [0.15, 0.2) is 0 Å². The average molecular weight is 490 g/mol. The van der Waals surface area contributed by atoms with E-state index in [2.05, 4.69) is 6.58 Å². The predicted octanol–water partition coefficient (Wildman–Crippen LogP) is -0.120. The number of hydrogen-bond donors (Lipinski definition) is 2. The Balaban J connectivity index is 3.35. The van der Waals surface area contributed by atoms with Crippen LogP contribution in [0.15, 0.2) is 12.3 Å². The molecular weight excluding hydrogens is 446 g/mol. The average Bonchev–Trinajstić information content (AvgIpc) is 2.82. The summed E-state index contributed by atoms with van der Waals surface area (Å²) >= 11 is 0. The van der Waals surface area contributed by atoms with Crippen LogP contribution in [0.3, 0.4) is 0 Å². The van der Waals surface area contributed by atoms with Gasteiger partial charge in [0.2, 0.25) is 0 Å². The van der Waals surface area contributed by atoms with E-state index in [1.807, 2.05) is 35.8 Å². The maximum absolute atomic E-state index is 11.7. The number of esters is 1. The lowest BCUT2D eigenvalue weighted by atomic mass is 9.77. The molecule has 0 aromatic heterocycles. The van der Waals surface area contributed by atoms with E-state index < -0.39 is 36.4 Å². The molecule has 6 atom stereocenters. The van der Waals surface area contributed by atoms with Crippen LogP contribution in [0.4, 0.5) is 0 Å². The molecule has 2 N–H and O–H groups in total. The molecule has 1 rings (SSSR count). The standard InChI is InChI=1S/C23H43N3O8/c1-15(31-5)9-12-24(2)18-21(30)19(25(3)14-11-17(29)32-6)23(34-8)20(22(18)33-7)26(4)13-10-16(27)28/h18-23,30H,1,9-14H2,2-8H3,(H,27,28). The second-order valence-electron chi connectivity index (χ2n) is 8.77. The van der Waals surface area contributed by atoms with Crippen LogP contribution >= 0.6 is 0 Å². The minimum absolute atomic E-state index is 0.0422. The zero-order chi connectivity index (χ0) is 26.0. The van der Waals surface area contributed by atoms with E-state index in [4.69, 9.17) is 18.9 Å². The normalized spacial score (nSPS) is 27.3. The van der Waals surface area contributed by atoms with Crippen molar-refractivity contribution in [3.8, 4) is 0 Å². The summed E-state index contributed by atoms with van der Waals surface area (Å²) in [6, 6.07) is -1.29. The Kier molecular flexibility index (Phi) is 13.0. The quantitative estimate of drug-likeness (QED) is 0.237. The number of likely N-dealkylation sites (N-methyl/N-ethyl adjacent to an activating group) is 3. The van der Waals surface area contributed by atoms with Gasteiger partial charge in [-0.2, -0.15) is 0 Å². The number of aliphatic carboxylic acids is 1. The molecule has 0 aromatic rings. The smallest absolute Gasteiger partial charge is 0.306 e. The molecule has 0 spiro atoms. The van der Waals surface area contributed by atoms with Crippen LogP contribution in [0.25, 0.3) is 0 Å². The molecular formula is C23H43N3O8. The molecule has 0 radical (unpaired) electrons. The molecule has 0 saturated heterocycles. The SMILES string of the molecule is C=C(CCN(C)C1C(O)C(N(C)CCC(=O)OC)C(OC)C(N(C)CCC(=O)O)C1OC)OC. The summed E-state index contributed by atoms with van der Waals surface area (Å²) in [6.45, 7) is 5.08. The third-order valence-corrected chi connectivity index (χ3v) is 6.72. The summed E-state index contributed by atoms with van der Waals surface area (Å²) in [4.78, 5) is 28.8. The molecule has 0 aromatic carbocycles. The molecule has 11 nitrogen and oxygen atoms in total. The number of carbonyl (C=O) groups excluding carboxylic acids is 1. The number of methoxy groups -OCH3 is 4. The molecule has 0 heterocycles. The van der Waals surface area contributed by atoms with Gasteiger partial charge in [-0.1, -0.05) is 6.58 Å². The second-order valence-corrected chi connectivity index (χ2v) is 8.77. The number of carboxylic acid groups (broad SMARTS) is 1. The molecule has 1 aliphatic rings. The van der Waals surface area contributed by atoms with E-state index in [0.29, 0.717) is 25.3 Å². The van der Waals surface area contributed by atoms with Gasteiger partial charge in [0, 0.05) is 40.3 Å². The maximum atomic E-state index is 11.7. The lowest BCUT2D eigenvalue weighted by Gasteiger charge is -2.55. The highest BCUT2D eigenvalue weighted by molar-refractivity contribution is 5.69. The molecule has 1 aliphatic carbocycles. The fourth-order valence-electron chi connectivity index (χ4n) is 4.76. The largest absolute Gasteiger partial charge is 0.502 e. The van der Waals surface area contributed by atoms with Crippen molar-refractivity contribution in [3.63, 3.8) is 0 Å². The highest BCUT2D eigenvalue weighted by Gasteiger charge is 2.54. The first-order chi connectivity index (χ1) is 16.0. The third kappa shape index (κ3) is 7.89. The highest BCUT2D eigenvalue weighted by Crippen LogP contribution is 2.33. The van der Waals surface area contributed by atoms with Gasteiger partial charge in [-0.25, -0.2) is 0 Å². The maximum Gasteiger partial charge on any atom is 0.306 e. The molecule has 198 valence electrons. The number of rotatable bonds is 15. The number of hydrogen-bond acceptors (Lipinski definition) is 10. The number of carboxylic acids is 1. The second kappa shape index (κ2) is 14.6. The van der Waals surface area contributed by atoms with Crippen molar-refractivity contribution in [3.05, 3.63) is 12.3 Å². The van der Waals surface area contributed by atoms with Crippen LogP contribution in [0.5, 0.6) is 0 Å². The van der Waals surface area contributed by atoms with Crippen LogP contribution in [-0.2, 0) is 28.5 Å². The Morgan fingerprint density at radius 3 is 1.62 bits per heavy atom. The summed E-state index contributed by atoms with van der Waals surface area (Å²) in [5.41, 5.74) is 0. The van der Waals surface area contributed by atoms with Crippen molar-refractivity contribution in [2.24, 2.45) is 0 Å². The molecule has 11 heteroatoms. The van der Waals surface area contributed by atoms with E-state index in [0.717, 1.165) is 0 Å². The molecule has 34 heavy (non-hydrogen) atoms. The first-order valence-corrected chi connectivity index (χ1v) is 11.4. The third-order valence-electron chi connectivity index (χ3n) is 6.72. The van der Waals surface area contributed by atoms with Gasteiger partial charge in [0.1, 0.15) is 0 Å². The number of aliphatic hydroxyl groups is 1. The van der Waals surface area contributed by atoms with Crippen molar-refractivity contribution in [1.29, 1.82) is 0 Å². The first-order valence-electron chi connectivity index (χ1n) is 11.4. The molecule has 6 unspecified atom stereocenters. The number of carbonyl (C=O) groups is 2. The van der Waals surface area contributed by atoms with E-state index in [1.54, 1.807) is 21.3 Å². The van der Waals surface area contributed by atoms with Gasteiger partial charge in [-0.3, -0.25) is 24.3 Å². The van der Waals surface area contributed by atoms with Crippen LogP contribution in [0.2, 0.25) is 0 Å². The zero-order valence-corrected chi connectivity index (χ0v) is 21.6. The van der Waals surface area contributed by atoms with Crippen LogP contribution in [0.1, 0.15) is 19.3 Å². The Hall–Kier alpha value is -1.76. The summed E-state index contributed by atoms with van der Waals surface area (Å²) in [5, 5.41) is 20.8. The van der Waals surface area contributed by atoms with Crippen molar-refractivity contribution in [2.45, 2.75) is 55.7 Å². The van der Waals surface area contributed by atoms with Gasteiger partial charge in [0.05, 0.1) is 69.3 Å². The van der Waals surface area contributed by atoms with Gasteiger partial charge in [0.25, 0.3) is 0 Å². The van der Waals surface area contributed by atoms with Crippen LogP contribution < -0.4 is 0 Å². The van der Waals surface area contributed by atoms with Crippen LogP contribution in [-0.4, -0.2) is 143 Å². The minimum Gasteiger partial charge on any atom is -0.502 e. The number of aliphatic hydroxyl groups excluding tert-OH is 1. The van der Waals surface area contributed by atoms with Crippen LogP contribution in [0, 0.1) is 0 Å². The van der Waals surface area contributed by atoms with Crippen molar-refractivity contribution in [1.82, 2.24) is 14.7 Å². The fourth-order valence-corrected chi connectivity index (χ4v) is 4.76. The molecule has 0 aliphatic heterocycles. The lowest BCUT2D eigenvalue weighted by Crippen LogP contribution is -2.74. The first kappa shape index (κ1) is 30.3. The topological polar surface area (TPSA) is 121 Å². The number of ether oxygens (including phenoxy) is 4. The molecule has 1 fully saturated rings. The summed E-state index contributed by atoms with van der Waals surface area (Å²) < 4.78 is 21.8. The minimum atomic E-state index is -0.899. The van der Waals surface area contributed by atoms with Crippen molar-refractivity contribution >= 4 is 11.9 Å². The monoisotopic (exact) mass is 489 g/mol. The van der Waals surface area contributed by atoms with Crippen molar-refractivity contribution in [2.75, 3.05) is 69.2 Å². The van der Waals surface area contributed by atoms with Gasteiger partial charge in [-0.15, -0.1) is 0 Å². The summed E-state index contributed by atoms with van der Waals surface area (Å²) in [5.74, 6) is -0.616. The highest BCUT2D eigenvalue weighted by atomic mass is 16.5. The summed E-state index contributed by atoms with van der Waals surface area (Å²) in [7, 11) is 11.6. The zero-order valence-electron chi connectivity index (χ0n) is 21.6. The Bertz CT molecular complexity index is 622. The van der Waals surface area contributed by atoms with E-state index >= 15 is 0 Å². The lowest BCUT2D eigenvalue weighted by molar-refractivity contribution is -0.186. The van der Waals surface area contributed by atoms with E-state index in [1.165, 1.54) is 7.11 Å². The van der Waals surface area contributed by atoms with Gasteiger partial charge in [-0.05, 0) is 21.1 Å². The Morgan fingerprint density at radius 2 is 1.21 bits per heavy atom. The van der Waals surface area contributed by atoms with Gasteiger partial charge < -0.3 is 29.2 Å². The van der Waals surface area contributed by atoms with E-state index in [-0.39, 0.29) is 31.4 Å². The molecule has 1 saturated carbocycles. The summed E-state index contributed by atoms with van der Waals surface area (Å²) in [6.07, 6.45) is -1.19. The van der Waals surface area contributed by atoms with E-state index in [9.17, 15) is 19.8 Å². The number of nitrogens with zero attached hydrogens (tertiary/aromatic N) is 3. The molecule has 0 bridgehead atoms. The van der Waals surface area contributed by atoms with Gasteiger partial charge >= 0.3 is 11.9 Å². The Labute approximate surface area is 203 Å². The Morgan fingerprint density at radius 1 is 0.765 bits per heavy atom. The predicted molar refractivity (Wildman–Crippen MR) is 127 cm³/mol. The molecule has 0 amide bonds.